The van der Waals surface area contributed by atoms with E-state index in [1.807, 2.05) is 6.07 Å². The van der Waals surface area contributed by atoms with E-state index in [2.05, 4.69) is 43.1 Å². The Labute approximate surface area is 99.0 Å². The van der Waals surface area contributed by atoms with Crippen LogP contribution in [0.25, 0.3) is 21.8 Å². The smallest absolute Gasteiger partial charge is 0.0654 e. The van der Waals surface area contributed by atoms with Gasteiger partial charge in [-0.25, -0.2) is 0 Å². The Morgan fingerprint density at radius 1 is 0.938 bits per heavy atom. The number of aryl methyl sites for hydroxylation is 2. The summed E-state index contributed by atoms with van der Waals surface area (Å²) in [6, 6.07) is 10.6. The van der Waals surface area contributed by atoms with Gasteiger partial charge in [-0.1, -0.05) is 23.2 Å². The molecule has 1 nitrogen and oxygen atoms in total. The molecule has 1 heterocycles. The molecule has 0 unspecified atom stereocenters. The molecule has 2 heteroatoms. The van der Waals surface area contributed by atoms with Gasteiger partial charge in [0.2, 0.25) is 0 Å². The van der Waals surface area contributed by atoms with E-state index in [4.69, 9.17) is 11.6 Å². The Kier molecular flexibility index (Phi) is 1.98. The zero-order valence-corrected chi connectivity index (χ0v) is 10.0. The second-order valence-corrected chi connectivity index (χ2v) is 4.75. The van der Waals surface area contributed by atoms with Crippen molar-refractivity contribution in [2.45, 2.75) is 13.8 Å². The summed E-state index contributed by atoms with van der Waals surface area (Å²) in [4.78, 5) is 3.37. The standard InChI is InChI=1S/C14H12ClN/c1-8-3-4-13-10(5-8)11-6-9(2)7-12(15)14(11)16-13/h3-7,16H,1-2H3. The lowest BCUT2D eigenvalue weighted by Gasteiger charge is -1.97. The number of benzene rings is 2. The van der Waals surface area contributed by atoms with Crippen molar-refractivity contribution in [3.8, 4) is 0 Å². The SMILES string of the molecule is Cc1ccc2[nH]c3c(Cl)cc(C)cc3c2c1. The molecule has 0 spiro atoms. The minimum Gasteiger partial charge on any atom is -0.353 e. The van der Waals surface area contributed by atoms with Gasteiger partial charge in [-0.05, 0) is 43.7 Å². The number of aromatic amines is 1. The second-order valence-electron chi connectivity index (χ2n) is 4.34. The molecule has 0 radical (unpaired) electrons. The Hall–Kier alpha value is -1.47. The summed E-state index contributed by atoms with van der Waals surface area (Å²) in [5.41, 5.74) is 4.65. The monoisotopic (exact) mass is 229 g/mol. The van der Waals surface area contributed by atoms with Gasteiger partial charge in [-0.15, -0.1) is 0 Å². The van der Waals surface area contributed by atoms with Crippen LogP contribution in [-0.2, 0) is 0 Å². The third kappa shape index (κ3) is 1.32. The Bertz CT molecular complexity index is 695. The Balaban J connectivity index is 2.57. The van der Waals surface area contributed by atoms with E-state index in [-0.39, 0.29) is 0 Å². The number of rotatable bonds is 0. The number of halogens is 1. The number of hydrogen-bond acceptors (Lipinski definition) is 0. The third-order valence-corrected chi connectivity index (χ3v) is 3.26. The van der Waals surface area contributed by atoms with E-state index in [1.165, 1.54) is 21.9 Å². The van der Waals surface area contributed by atoms with Crippen LogP contribution in [0.1, 0.15) is 11.1 Å². The molecule has 0 saturated carbocycles. The molecular formula is C14H12ClN. The number of H-pyrrole nitrogens is 1. The average Bonchev–Trinajstić information content (AvgIpc) is 2.57. The molecule has 1 aromatic heterocycles. The van der Waals surface area contributed by atoms with Crippen molar-refractivity contribution in [3.05, 3.63) is 46.5 Å². The van der Waals surface area contributed by atoms with Crippen LogP contribution in [0.15, 0.2) is 30.3 Å². The van der Waals surface area contributed by atoms with Crippen LogP contribution in [0, 0.1) is 13.8 Å². The summed E-state index contributed by atoms with van der Waals surface area (Å²) < 4.78 is 0. The maximum Gasteiger partial charge on any atom is 0.0654 e. The first-order valence-electron chi connectivity index (χ1n) is 5.33. The molecule has 0 aliphatic rings. The first-order chi connectivity index (χ1) is 7.65. The van der Waals surface area contributed by atoms with Crippen molar-refractivity contribution in [1.82, 2.24) is 4.98 Å². The van der Waals surface area contributed by atoms with Gasteiger partial charge in [0.25, 0.3) is 0 Å². The van der Waals surface area contributed by atoms with Crippen molar-refractivity contribution in [2.24, 2.45) is 0 Å². The fraction of sp³-hybridized carbons (Fsp3) is 0.143. The maximum atomic E-state index is 6.24. The molecule has 0 fully saturated rings. The molecule has 0 bridgehead atoms. The summed E-state index contributed by atoms with van der Waals surface area (Å²) in [5.74, 6) is 0. The average molecular weight is 230 g/mol. The highest BCUT2D eigenvalue weighted by Crippen LogP contribution is 2.31. The molecule has 0 atom stereocenters. The lowest BCUT2D eigenvalue weighted by atomic mass is 10.1. The Morgan fingerprint density at radius 2 is 1.69 bits per heavy atom. The van der Waals surface area contributed by atoms with Gasteiger partial charge < -0.3 is 4.98 Å². The zero-order chi connectivity index (χ0) is 11.3. The largest absolute Gasteiger partial charge is 0.353 e. The minimum atomic E-state index is 0.795. The lowest BCUT2D eigenvalue weighted by Crippen LogP contribution is -1.74. The fourth-order valence-electron chi connectivity index (χ4n) is 2.21. The quantitative estimate of drug-likeness (QED) is 0.580. The van der Waals surface area contributed by atoms with E-state index in [1.54, 1.807) is 0 Å². The molecule has 3 aromatic rings. The molecule has 0 amide bonds. The topological polar surface area (TPSA) is 15.8 Å². The predicted molar refractivity (Wildman–Crippen MR) is 70.3 cm³/mol. The van der Waals surface area contributed by atoms with Crippen LogP contribution in [0.3, 0.4) is 0 Å². The predicted octanol–water partition coefficient (Wildman–Crippen LogP) is 4.59. The Morgan fingerprint density at radius 3 is 2.50 bits per heavy atom. The lowest BCUT2D eigenvalue weighted by molar-refractivity contribution is 1.47. The van der Waals surface area contributed by atoms with Gasteiger partial charge >= 0.3 is 0 Å². The van der Waals surface area contributed by atoms with Gasteiger partial charge in [-0.2, -0.15) is 0 Å². The van der Waals surface area contributed by atoms with Crippen molar-refractivity contribution in [1.29, 1.82) is 0 Å². The highest BCUT2D eigenvalue weighted by molar-refractivity contribution is 6.36. The summed E-state index contributed by atoms with van der Waals surface area (Å²) >= 11 is 6.24. The molecule has 0 aliphatic heterocycles. The summed E-state index contributed by atoms with van der Waals surface area (Å²) in [6.07, 6.45) is 0. The van der Waals surface area contributed by atoms with Crippen LogP contribution in [0.4, 0.5) is 0 Å². The van der Waals surface area contributed by atoms with Crippen LogP contribution in [-0.4, -0.2) is 4.98 Å². The van der Waals surface area contributed by atoms with Gasteiger partial charge in [0.15, 0.2) is 0 Å². The molecule has 2 aromatic carbocycles. The molecule has 0 saturated heterocycles. The van der Waals surface area contributed by atoms with Crippen LogP contribution in [0.2, 0.25) is 5.02 Å². The van der Waals surface area contributed by atoms with Gasteiger partial charge in [-0.3, -0.25) is 0 Å². The summed E-state index contributed by atoms with van der Waals surface area (Å²) in [5, 5.41) is 3.26. The van der Waals surface area contributed by atoms with Crippen molar-refractivity contribution >= 4 is 33.4 Å². The van der Waals surface area contributed by atoms with Gasteiger partial charge in [0.05, 0.1) is 10.5 Å². The molecular weight excluding hydrogens is 218 g/mol. The molecule has 16 heavy (non-hydrogen) atoms. The van der Waals surface area contributed by atoms with Crippen molar-refractivity contribution < 1.29 is 0 Å². The van der Waals surface area contributed by atoms with E-state index in [9.17, 15) is 0 Å². The number of aromatic nitrogens is 1. The molecule has 3 rings (SSSR count). The number of fused-ring (bicyclic) bond motifs is 3. The van der Waals surface area contributed by atoms with E-state index in [0.29, 0.717) is 0 Å². The van der Waals surface area contributed by atoms with E-state index < -0.39 is 0 Å². The highest BCUT2D eigenvalue weighted by atomic mass is 35.5. The summed E-state index contributed by atoms with van der Waals surface area (Å²) in [7, 11) is 0. The number of hydrogen-bond donors (Lipinski definition) is 1. The third-order valence-electron chi connectivity index (χ3n) is 2.96. The second kappa shape index (κ2) is 3.26. The first-order valence-corrected chi connectivity index (χ1v) is 5.71. The molecule has 80 valence electrons. The van der Waals surface area contributed by atoms with Gasteiger partial charge in [0.1, 0.15) is 0 Å². The van der Waals surface area contributed by atoms with Crippen molar-refractivity contribution in [3.63, 3.8) is 0 Å². The fourth-order valence-corrected chi connectivity index (χ4v) is 2.53. The van der Waals surface area contributed by atoms with Crippen LogP contribution in [0.5, 0.6) is 0 Å². The first kappa shape index (κ1) is 9.73. The zero-order valence-electron chi connectivity index (χ0n) is 9.26. The van der Waals surface area contributed by atoms with Crippen molar-refractivity contribution in [2.75, 3.05) is 0 Å². The summed E-state index contributed by atoms with van der Waals surface area (Å²) in [6.45, 7) is 4.18. The van der Waals surface area contributed by atoms with E-state index in [0.717, 1.165) is 16.1 Å². The maximum absolute atomic E-state index is 6.24. The normalized spacial score (nSPS) is 11.4. The van der Waals surface area contributed by atoms with E-state index >= 15 is 0 Å². The molecule has 1 N–H and O–H groups in total. The van der Waals surface area contributed by atoms with Crippen LogP contribution >= 0.6 is 11.6 Å². The van der Waals surface area contributed by atoms with Crippen LogP contribution < -0.4 is 0 Å². The van der Waals surface area contributed by atoms with Gasteiger partial charge in [0, 0.05) is 16.3 Å². The molecule has 0 aliphatic carbocycles. The number of nitrogens with one attached hydrogen (secondary N) is 1. The minimum absolute atomic E-state index is 0.795. The highest BCUT2D eigenvalue weighted by Gasteiger charge is 2.07.